The van der Waals surface area contributed by atoms with Crippen LogP contribution in [0.5, 0.6) is 0 Å². The van der Waals surface area contributed by atoms with Crippen molar-refractivity contribution >= 4 is 22.4 Å². The molecule has 0 spiro atoms. The summed E-state index contributed by atoms with van der Waals surface area (Å²) in [6.07, 6.45) is 7.90. The number of nitrogens with one attached hydrogen (secondary N) is 1. The lowest BCUT2D eigenvalue weighted by Gasteiger charge is -2.41. The van der Waals surface area contributed by atoms with Gasteiger partial charge in [-0.2, -0.15) is 0 Å². The number of carbonyl (C=O) groups is 1. The number of hydrogen-bond acceptors (Lipinski definition) is 6. The van der Waals surface area contributed by atoms with Crippen molar-refractivity contribution in [2.24, 2.45) is 5.92 Å². The summed E-state index contributed by atoms with van der Waals surface area (Å²) < 4.78 is 13.9. The summed E-state index contributed by atoms with van der Waals surface area (Å²) in [6.45, 7) is 8.15. The first-order valence-corrected chi connectivity index (χ1v) is 11.7. The Morgan fingerprint density at radius 1 is 1.27 bits per heavy atom. The maximum Gasteiger partial charge on any atom is 0.265 e. The van der Waals surface area contributed by atoms with Gasteiger partial charge in [-0.15, -0.1) is 0 Å². The number of hydrogen-bond donors (Lipinski definition) is 1. The van der Waals surface area contributed by atoms with E-state index in [-0.39, 0.29) is 17.8 Å². The molecule has 162 valence electrons. The summed E-state index contributed by atoms with van der Waals surface area (Å²) in [6, 6.07) is 3.24. The van der Waals surface area contributed by atoms with Gasteiger partial charge in [0, 0.05) is 31.9 Å². The third-order valence-electron chi connectivity index (χ3n) is 6.21. The molecule has 0 aliphatic carbocycles. The first-order chi connectivity index (χ1) is 14.5. The molecular weight excluding hydrogens is 401 g/mol. The van der Waals surface area contributed by atoms with E-state index in [1.807, 2.05) is 11.8 Å². The standard InChI is InChI=1S/C22H30FN5OS/c1-15-5-4-10-28(14-15)17-7-11-27(12-8-17)21(29)19-13-25-22(30-19)26-16(2)20-18(23)6-3-9-24-20/h3,6,9,13,15-17H,4-5,7-8,10-12,14H2,1-2H3,(H,25,26)/t15-,16?/m1/s1. The highest BCUT2D eigenvalue weighted by Gasteiger charge is 2.30. The number of carbonyl (C=O) groups excluding carboxylic acids is 1. The molecule has 2 fully saturated rings. The van der Waals surface area contributed by atoms with Crippen molar-refractivity contribution in [3.05, 3.63) is 40.9 Å². The Balaban J connectivity index is 1.32. The van der Waals surface area contributed by atoms with Crippen LogP contribution in [0.3, 0.4) is 0 Å². The summed E-state index contributed by atoms with van der Waals surface area (Å²) in [5, 5.41) is 3.76. The molecule has 0 radical (unpaired) electrons. The van der Waals surface area contributed by atoms with Gasteiger partial charge in [0.05, 0.1) is 17.9 Å². The van der Waals surface area contributed by atoms with Crippen molar-refractivity contribution in [2.75, 3.05) is 31.5 Å². The summed E-state index contributed by atoms with van der Waals surface area (Å²) in [5.41, 5.74) is 0.342. The van der Waals surface area contributed by atoms with Crippen LogP contribution >= 0.6 is 11.3 Å². The fourth-order valence-electron chi connectivity index (χ4n) is 4.56. The number of amides is 1. The summed E-state index contributed by atoms with van der Waals surface area (Å²) in [4.78, 5) is 26.6. The Kier molecular flexibility index (Phi) is 6.63. The number of anilines is 1. The van der Waals surface area contributed by atoms with Crippen LogP contribution in [0.25, 0.3) is 0 Å². The van der Waals surface area contributed by atoms with Gasteiger partial charge in [-0.05, 0) is 57.2 Å². The zero-order valence-electron chi connectivity index (χ0n) is 17.7. The van der Waals surface area contributed by atoms with E-state index in [1.165, 1.54) is 43.3 Å². The second kappa shape index (κ2) is 9.39. The molecule has 2 atom stereocenters. The van der Waals surface area contributed by atoms with E-state index in [0.29, 0.717) is 21.7 Å². The molecule has 8 heteroatoms. The fraction of sp³-hybridized carbons (Fsp3) is 0.591. The molecule has 6 nitrogen and oxygen atoms in total. The molecule has 0 bridgehead atoms. The van der Waals surface area contributed by atoms with E-state index in [9.17, 15) is 9.18 Å². The number of thiazole rings is 1. The van der Waals surface area contributed by atoms with Gasteiger partial charge in [0.2, 0.25) is 0 Å². The number of likely N-dealkylation sites (tertiary alicyclic amines) is 2. The molecule has 4 heterocycles. The third kappa shape index (κ3) is 4.81. The molecule has 1 unspecified atom stereocenters. The summed E-state index contributed by atoms with van der Waals surface area (Å²) in [7, 11) is 0. The van der Waals surface area contributed by atoms with E-state index in [1.54, 1.807) is 18.5 Å². The zero-order valence-corrected chi connectivity index (χ0v) is 18.5. The van der Waals surface area contributed by atoms with Gasteiger partial charge in [0.1, 0.15) is 10.7 Å². The largest absolute Gasteiger partial charge is 0.353 e. The van der Waals surface area contributed by atoms with Crippen molar-refractivity contribution in [1.82, 2.24) is 19.8 Å². The molecule has 30 heavy (non-hydrogen) atoms. The van der Waals surface area contributed by atoms with Crippen LogP contribution in [-0.2, 0) is 0 Å². The van der Waals surface area contributed by atoms with Crippen LogP contribution in [0.4, 0.5) is 9.52 Å². The molecule has 0 saturated carbocycles. The van der Waals surface area contributed by atoms with Crippen molar-refractivity contribution in [3.8, 4) is 0 Å². The van der Waals surface area contributed by atoms with Gasteiger partial charge in [-0.25, -0.2) is 9.37 Å². The second-order valence-corrected chi connectivity index (χ2v) is 9.56. The van der Waals surface area contributed by atoms with Gasteiger partial charge in [0.15, 0.2) is 5.13 Å². The summed E-state index contributed by atoms with van der Waals surface area (Å²) >= 11 is 1.32. The second-order valence-electron chi connectivity index (χ2n) is 8.53. The highest BCUT2D eigenvalue weighted by atomic mass is 32.1. The fourth-order valence-corrected chi connectivity index (χ4v) is 5.43. The van der Waals surface area contributed by atoms with E-state index < -0.39 is 0 Å². The minimum Gasteiger partial charge on any atom is -0.353 e. The molecule has 1 amide bonds. The number of piperidine rings is 2. The number of halogens is 1. The van der Waals surface area contributed by atoms with Crippen molar-refractivity contribution < 1.29 is 9.18 Å². The third-order valence-corrected chi connectivity index (χ3v) is 7.13. The Hall–Kier alpha value is -2.06. The molecule has 0 aromatic carbocycles. The van der Waals surface area contributed by atoms with E-state index in [2.05, 4.69) is 27.1 Å². The topological polar surface area (TPSA) is 61.4 Å². The predicted octanol–water partition coefficient (Wildman–Crippen LogP) is 4.19. The molecule has 2 aromatic rings. The van der Waals surface area contributed by atoms with Crippen LogP contribution in [0.15, 0.2) is 24.5 Å². The van der Waals surface area contributed by atoms with Crippen LogP contribution in [-0.4, -0.2) is 57.9 Å². The Morgan fingerprint density at radius 2 is 2.07 bits per heavy atom. The van der Waals surface area contributed by atoms with E-state index in [4.69, 9.17) is 0 Å². The monoisotopic (exact) mass is 431 g/mol. The van der Waals surface area contributed by atoms with Crippen molar-refractivity contribution in [2.45, 2.75) is 51.6 Å². The quantitative estimate of drug-likeness (QED) is 0.769. The molecule has 2 saturated heterocycles. The Bertz CT molecular complexity index is 867. The van der Waals surface area contributed by atoms with Crippen LogP contribution in [0, 0.1) is 11.7 Å². The van der Waals surface area contributed by atoms with Crippen molar-refractivity contribution in [1.29, 1.82) is 0 Å². The molecular formula is C22H30FN5OS. The van der Waals surface area contributed by atoms with E-state index >= 15 is 0 Å². The lowest BCUT2D eigenvalue weighted by atomic mass is 9.95. The number of aromatic nitrogens is 2. The zero-order chi connectivity index (χ0) is 21.1. The maximum absolute atomic E-state index is 13.9. The highest BCUT2D eigenvalue weighted by molar-refractivity contribution is 7.17. The van der Waals surface area contributed by atoms with Crippen LogP contribution in [0.2, 0.25) is 0 Å². The molecule has 2 aliphatic heterocycles. The SMILES string of the molecule is CC(Nc1ncc(C(=O)N2CCC(N3CCC[C@@H](C)C3)CC2)s1)c1ncccc1F. The van der Waals surface area contributed by atoms with Gasteiger partial charge >= 0.3 is 0 Å². The van der Waals surface area contributed by atoms with Crippen LogP contribution in [0.1, 0.15) is 60.9 Å². The first kappa shape index (κ1) is 21.2. The smallest absolute Gasteiger partial charge is 0.265 e. The first-order valence-electron chi connectivity index (χ1n) is 10.9. The summed E-state index contributed by atoms with van der Waals surface area (Å²) in [5.74, 6) is 0.475. The Labute approximate surface area is 181 Å². The lowest BCUT2D eigenvalue weighted by molar-refractivity contribution is 0.0545. The normalized spacial score (nSPS) is 22.1. The average molecular weight is 432 g/mol. The van der Waals surface area contributed by atoms with Gasteiger partial charge < -0.3 is 10.2 Å². The molecule has 4 rings (SSSR count). The van der Waals surface area contributed by atoms with Crippen molar-refractivity contribution in [3.63, 3.8) is 0 Å². The number of nitrogens with zero attached hydrogens (tertiary/aromatic N) is 4. The maximum atomic E-state index is 13.9. The number of pyridine rings is 1. The highest BCUT2D eigenvalue weighted by Crippen LogP contribution is 2.27. The minimum absolute atomic E-state index is 0.0441. The average Bonchev–Trinajstić information content (AvgIpc) is 3.22. The lowest BCUT2D eigenvalue weighted by Crippen LogP contribution is -2.49. The Morgan fingerprint density at radius 3 is 2.80 bits per heavy atom. The predicted molar refractivity (Wildman–Crippen MR) is 117 cm³/mol. The van der Waals surface area contributed by atoms with Gasteiger partial charge in [-0.3, -0.25) is 14.7 Å². The molecule has 2 aliphatic rings. The number of rotatable bonds is 5. The molecule has 1 N–H and O–H groups in total. The van der Waals surface area contributed by atoms with Gasteiger partial charge in [0.25, 0.3) is 5.91 Å². The van der Waals surface area contributed by atoms with Gasteiger partial charge in [-0.1, -0.05) is 18.3 Å². The van der Waals surface area contributed by atoms with Crippen LogP contribution < -0.4 is 5.32 Å². The van der Waals surface area contributed by atoms with E-state index in [0.717, 1.165) is 31.8 Å². The molecule has 2 aromatic heterocycles. The minimum atomic E-state index is -0.351.